The lowest BCUT2D eigenvalue weighted by atomic mass is 9.92. The number of fused-ring (bicyclic) bond motifs is 6. The maximum atomic E-state index is 15.9. The van der Waals surface area contributed by atoms with Crippen molar-refractivity contribution in [3.8, 4) is 23.0 Å². The molecule has 0 aliphatic rings. The Kier molecular flexibility index (Phi) is 16.1. The first-order chi connectivity index (χ1) is 24.4. The van der Waals surface area contributed by atoms with Gasteiger partial charge in [-0.25, -0.2) is 17.6 Å². The van der Waals surface area contributed by atoms with Gasteiger partial charge in [-0.2, -0.15) is 0 Å². The number of hydrogen-bond donors (Lipinski definition) is 0. The summed E-state index contributed by atoms with van der Waals surface area (Å²) in [5.74, 6) is -4.97. The Bertz CT molecular complexity index is 1550. The summed E-state index contributed by atoms with van der Waals surface area (Å²) in [6.45, 7) is 10.3. The summed E-state index contributed by atoms with van der Waals surface area (Å²) in [6.07, 6.45) is 16.0. The lowest BCUT2D eigenvalue weighted by molar-refractivity contribution is 0.259. The lowest BCUT2D eigenvalue weighted by Gasteiger charge is -2.20. The Hall–Kier alpha value is -3.42. The van der Waals surface area contributed by atoms with E-state index in [1.807, 2.05) is 0 Å². The van der Waals surface area contributed by atoms with E-state index in [2.05, 4.69) is 27.7 Å². The molecule has 0 fully saturated rings. The lowest BCUT2D eigenvalue weighted by Crippen LogP contribution is -2.05. The van der Waals surface area contributed by atoms with Crippen molar-refractivity contribution in [2.24, 2.45) is 0 Å². The van der Waals surface area contributed by atoms with Gasteiger partial charge in [0.25, 0.3) is 0 Å². The third kappa shape index (κ3) is 9.88. The van der Waals surface area contributed by atoms with E-state index in [1.165, 1.54) is 0 Å². The molecule has 0 aliphatic heterocycles. The van der Waals surface area contributed by atoms with Crippen molar-refractivity contribution in [3.05, 3.63) is 47.5 Å². The highest BCUT2D eigenvalue weighted by molar-refractivity contribution is 6.26. The van der Waals surface area contributed by atoms with Crippen molar-refractivity contribution in [3.63, 3.8) is 0 Å². The minimum atomic E-state index is -1.85. The minimum absolute atomic E-state index is 0.201. The van der Waals surface area contributed by atoms with Gasteiger partial charge in [-0.05, 0) is 71.5 Å². The molecule has 0 aliphatic carbocycles. The Morgan fingerprint density at radius 3 is 0.860 bits per heavy atom. The largest absolute Gasteiger partial charge is 0.490 e. The molecule has 0 amide bonds. The van der Waals surface area contributed by atoms with Gasteiger partial charge in [-0.1, -0.05) is 105 Å². The molecule has 4 aromatic rings. The third-order valence-electron chi connectivity index (χ3n) is 9.29. The van der Waals surface area contributed by atoms with Crippen molar-refractivity contribution in [2.75, 3.05) is 26.4 Å². The summed E-state index contributed by atoms with van der Waals surface area (Å²) < 4.78 is 86.7. The highest BCUT2D eigenvalue weighted by Crippen LogP contribution is 2.46. The van der Waals surface area contributed by atoms with Crippen LogP contribution in [0.1, 0.15) is 130 Å². The summed E-state index contributed by atoms with van der Waals surface area (Å²) in [5.41, 5.74) is 0. The molecular weight excluding hydrogens is 644 g/mol. The van der Waals surface area contributed by atoms with Gasteiger partial charge in [0.1, 0.15) is 0 Å². The summed E-state index contributed by atoms with van der Waals surface area (Å²) in [7, 11) is 0. The van der Waals surface area contributed by atoms with Gasteiger partial charge >= 0.3 is 0 Å². The molecular formula is C42H56F4O4. The highest BCUT2D eigenvalue weighted by Gasteiger charge is 2.27. The van der Waals surface area contributed by atoms with E-state index in [0.29, 0.717) is 60.2 Å². The summed E-state index contributed by atoms with van der Waals surface area (Å²) in [5, 5.41) is 0.680. The molecule has 0 saturated carbocycles. The molecule has 276 valence electrons. The second-order valence-electron chi connectivity index (χ2n) is 13.3. The molecule has 0 N–H and O–H groups in total. The molecule has 4 rings (SSSR count). The van der Waals surface area contributed by atoms with Crippen molar-refractivity contribution < 1.29 is 36.5 Å². The van der Waals surface area contributed by atoms with Crippen molar-refractivity contribution in [1.82, 2.24) is 0 Å². The van der Waals surface area contributed by atoms with Gasteiger partial charge in [0, 0.05) is 10.8 Å². The fourth-order valence-corrected chi connectivity index (χ4v) is 6.41. The highest BCUT2D eigenvalue weighted by atomic mass is 19.2. The van der Waals surface area contributed by atoms with E-state index >= 15 is 8.78 Å². The molecule has 0 radical (unpaired) electrons. The quantitative estimate of drug-likeness (QED) is 0.0240. The molecule has 4 nitrogen and oxygen atoms in total. The average molecular weight is 701 g/mol. The van der Waals surface area contributed by atoms with E-state index < -0.39 is 23.3 Å². The van der Waals surface area contributed by atoms with Gasteiger partial charge in [0.05, 0.1) is 26.4 Å². The van der Waals surface area contributed by atoms with Crippen LogP contribution in [-0.4, -0.2) is 26.4 Å². The number of ether oxygens (including phenoxy) is 4. The molecule has 0 atom stereocenters. The van der Waals surface area contributed by atoms with Crippen LogP contribution >= 0.6 is 0 Å². The summed E-state index contributed by atoms with van der Waals surface area (Å²) >= 11 is 0. The first-order valence-corrected chi connectivity index (χ1v) is 19.1. The number of unbranched alkanes of at least 4 members (excludes halogenated alkanes) is 12. The smallest absolute Gasteiger partial charge is 0.198 e. The number of halogens is 4. The van der Waals surface area contributed by atoms with Gasteiger partial charge in [0.2, 0.25) is 0 Å². The predicted octanol–water partition coefficient (Wildman–Crippen LogP) is 13.5. The Labute approximate surface area is 295 Å². The van der Waals surface area contributed by atoms with Crippen LogP contribution in [0.25, 0.3) is 32.3 Å². The zero-order valence-corrected chi connectivity index (χ0v) is 30.6. The number of hydrogen-bond acceptors (Lipinski definition) is 4. The zero-order chi connectivity index (χ0) is 35.9. The van der Waals surface area contributed by atoms with Crippen LogP contribution in [0.2, 0.25) is 0 Å². The summed E-state index contributed by atoms with van der Waals surface area (Å²) in [6, 6.07) is 6.68. The molecule has 8 heteroatoms. The van der Waals surface area contributed by atoms with E-state index in [4.69, 9.17) is 18.9 Å². The molecule has 50 heavy (non-hydrogen) atoms. The predicted molar refractivity (Wildman–Crippen MR) is 197 cm³/mol. The molecule has 0 heterocycles. The van der Waals surface area contributed by atoms with Crippen LogP contribution in [0.5, 0.6) is 23.0 Å². The van der Waals surface area contributed by atoms with Crippen LogP contribution in [-0.2, 0) is 0 Å². The SMILES string of the molecule is CCCCCCOc1cc2c3cc(OCCCCCC)c(OCCCCCC)cc3c3c(F)c(F)c(F)c(F)c3c2cc1OCCCCCC. The van der Waals surface area contributed by atoms with E-state index in [0.717, 1.165) is 103 Å². The normalized spacial score (nSPS) is 11.6. The topological polar surface area (TPSA) is 36.9 Å². The zero-order valence-electron chi connectivity index (χ0n) is 30.6. The third-order valence-corrected chi connectivity index (χ3v) is 9.29. The van der Waals surface area contributed by atoms with Crippen molar-refractivity contribution in [1.29, 1.82) is 0 Å². The number of benzene rings is 4. The number of rotatable bonds is 24. The first kappa shape index (κ1) is 39.4. The maximum Gasteiger partial charge on any atom is 0.198 e. The molecule has 4 aromatic carbocycles. The van der Waals surface area contributed by atoms with E-state index in [1.54, 1.807) is 24.3 Å². The molecule has 0 aromatic heterocycles. The summed E-state index contributed by atoms with van der Waals surface area (Å²) in [4.78, 5) is 0. The van der Waals surface area contributed by atoms with E-state index in [9.17, 15) is 8.78 Å². The Balaban J connectivity index is 1.94. The van der Waals surface area contributed by atoms with Crippen LogP contribution in [0.15, 0.2) is 24.3 Å². The molecule has 0 bridgehead atoms. The fourth-order valence-electron chi connectivity index (χ4n) is 6.41. The van der Waals surface area contributed by atoms with Crippen molar-refractivity contribution in [2.45, 2.75) is 130 Å². The molecule has 0 unspecified atom stereocenters. The average Bonchev–Trinajstić information content (AvgIpc) is 3.12. The van der Waals surface area contributed by atoms with Gasteiger partial charge in [0.15, 0.2) is 46.3 Å². The molecule has 0 saturated heterocycles. The maximum absolute atomic E-state index is 15.9. The minimum Gasteiger partial charge on any atom is -0.490 e. The Morgan fingerprint density at radius 2 is 0.600 bits per heavy atom. The second kappa shape index (κ2) is 20.4. The van der Waals surface area contributed by atoms with Crippen LogP contribution in [0.3, 0.4) is 0 Å². The Morgan fingerprint density at radius 1 is 0.340 bits per heavy atom. The fraction of sp³-hybridized carbons (Fsp3) is 0.571. The first-order valence-electron chi connectivity index (χ1n) is 19.1. The van der Waals surface area contributed by atoms with Gasteiger partial charge < -0.3 is 18.9 Å². The standard InChI is InChI=1S/C42H56F4O4/c1-5-9-13-17-21-47-33-25-29-30-26-34(48-22-18-14-10-6-2)36(50-24-20-16-12-8-4)28-32(30)38-37(39(43)41(45)42(46)40(38)44)31(29)27-35(33)49-23-19-15-11-7-3/h25-28H,5-24H2,1-4H3. The molecule has 0 spiro atoms. The van der Waals surface area contributed by atoms with Crippen LogP contribution in [0.4, 0.5) is 17.6 Å². The second-order valence-corrected chi connectivity index (χ2v) is 13.3. The van der Waals surface area contributed by atoms with Gasteiger partial charge in [-0.3, -0.25) is 0 Å². The van der Waals surface area contributed by atoms with Crippen LogP contribution in [0, 0.1) is 23.3 Å². The van der Waals surface area contributed by atoms with Crippen molar-refractivity contribution >= 4 is 32.3 Å². The van der Waals surface area contributed by atoms with Crippen LogP contribution < -0.4 is 18.9 Å². The van der Waals surface area contributed by atoms with E-state index in [-0.39, 0.29) is 21.5 Å². The monoisotopic (exact) mass is 700 g/mol. The van der Waals surface area contributed by atoms with Gasteiger partial charge in [-0.15, -0.1) is 0 Å².